The minimum absolute atomic E-state index is 0.0752. The molecule has 1 N–H and O–H groups in total. The molecule has 3 aromatic rings. The molecule has 202 valence electrons. The molecule has 1 aliphatic rings. The number of carbonyl (C=O) groups is 1. The van der Waals surface area contributed by atoms with Crippen molar-refractivity contribution in [2.75, 3.05) is 32.1 Å². The summed E-state index contributed by atoms with van der Waals surface area (Å²) >= 11 is 0. The van der Waals surface area contributed by atoms with Crippen LogP contribution in [-0.4, -0.2) is 70.7 Å². The second kappa shape index (κ2) is 11.7. The molecule has 1 aliphatic heterocycles. The summed E-state index contributed by atoms with van der Waals surface area (Å²) in [5.41, 5.74) is 0.636. The summed E-state index contributed by atoms with van der Waals surface area (Å²) in [6.45, 7) is 1.70. The van der Waals surface area contributed by atoms with Gasteiger partial charge in [-0.3, -0.25) is 14.6 Å². The molecule has 0 saturated carbocycles. The van der Waals surface area contributed by atoms with Crippen molar-refractivity contribution in [3.8, 4) is 17.4 Å². The van der Waals surface area contributed by atoms with Gasteiger partial charge in [-0.15, -0.1) is 0 Å². The van der Waals surface area contributed by atoms with Crippen LogP contribution in [0.2, 0.25) is 0 Å². The number of amides is 1. The average molecular weight is 534 g/mol. The lowest BCUT2D eigenvalue weighted by molar-refractivity contribution is -0.201. The summed E-state index contributed by atoms with van der Waals surface area (Å²) in [5.74, 6) is 0.541. The van der Waals surface area contributed by atoms with Crippen molar-refractivity contribution in [2.45, 2.75) is 31.7 Å². The highest BCUT2D eigenvalue weighted by Gasteiger charge is 2.47. The molecule has 0 bridgehead atoms. The lowest BCUT2D eigenvalue weighted by Gasteiger charge is -2.43. The third kappa shape index (κ3) is 6.95. The highest BCUT2D eigenvalue weighted by atomic mass is 19.4. The molecule has 1 aromatic carbocycles. The van der Waals surface area contributed by atoms with Gasteiger partial charge in [0.1, 0.15) is 29.2 Å². The third-order valence-corrected chi connectivity index (χ3v) is 6.26. The predicted molar refractivity (Wildman–Crippen MR) is 131 cm³/mol. The van der Waals surface area contributed by atoms with E-state index >= 15 is 0 Å². The van der Waals surface area contributed by atoms with Crippen molar-refractivity contribution in [1.82, 2.24) is 19.8 Å². The first-order valence-electron chi connectivity index (χ1n) is 11.9. The molecule has 2 aromatic heterocycles. The van der Waals surface area contributed by atoms with Crippen LogP contribution in [0.15, 0.2) is 60.9 Å². The number of halogens is 4. The molecule has 0 aliphatic carbocycles. The van der Waals surface area contributed by atoms with Crippen LogP contribution in [0.4, 0.5) is 23.4 Å². The van der Waals surface area contributed by atoms with Crippen LogP contribution in [0.1, 0.15) is 12.5 Å². The minimum atomic E-state index is -4.48. The van der Waals surface area contributed by atoms with Crippen LogP contribution in [0.25, 0.3) is 0 Å². The first-order valence-corrected chi connectivity index (χ1v) is 11.9. The Morgan fingerprint density at radius 3 is 2.39 bits per heavy atom. The Bertz CT molecular complexity index is 1210. The van der Waals surface area contributed by atoms with Crippen molar-refractivity contribution in [1.29, 1.82) is 0 Å². The highest BCUT2D eigenvalue weighted by molar-refractivity contribution is 5.93. The van der Waals surface area contributed by atoms with Gasteiger partial charge in [-0.05, 0) is 48.9 Å². The van der Waals surface area contributed by atoms with E-state index in [4.69, 9.17) is 9.47 Å². The number of rotatable bonds is 8. The summed E-state index contributed by atoms with van der Waals surface area (Å²) in [6.07, 6.45) is -1.59. The van der Waals surface area contributed by atoms with E-state index in [-0.39, 0.29) is 37.8 Å². The van der Waals surface area contributed by atoms with Crippen LogP contribution >= 0.6 is 0 Å². The Kier molecular flexibility index (Phi) is 8.42. The number of anilines is 1. The molecular formula is C26H27F4N5O3. The Morgan fingerprint density at radius 1 is 1.05 bits per heavy atom. The summed E-state index contributed by atoms with van der Waals surface area (Å²) in [7, 11) is 1.47. The molecule has 1 fully saturated rings. The van der Waals surface area contributed by atoms with Crippen molar-refractivity contribution in [3.05, 3.63) is 72.3 Å². The van der Waals surface area contributed by atoms with Gasteiger partial charge < -0.3 is 14.8 Å². The van der Waals surface area contributed by atoms with Crippen LogP contribution in [0, 0.1) is 5.82 Å². The smallest absolute Gasteiger partial charge is 0.405 e. The summed E-state index contributed by atoms with van der Waals surface area (Å²) in [4.78, 5) is 23.9. The van der Waals surface area contributed by atoms with Crippen LogP contribution < -0.4 is 14.8 Å². The second-order valence-electron chi connectivity index (χ2n) is 8.83. The highest BCUT2D eigenvalue weighted by Crippen LogP contribution is 2.30. The molecule has 4 rings (SSSR count). The molecule has 38 heavy (non-hydrogen) atoms. The molecule has 3 heterocycles. The standard InChI is InChI=1S/C26H27F4N5O3/c1-17(25(36)33-23-9-8-21(14-31-23)38-20-6-4-19(27)5-7-20)34-11-12-35(22(16-34)26(28,29)30)15-18-3-10-24(37-2)32-13-18/h3-10,13-14,17,22H,11-12,15-16H2,1-2H3,(H,31,33,36)/t17?,22-/m0/s1. The first-order chi connectivity index (χ1) is 18.1. The number of nitrogens with one attached hydrogen (secondary N) is 1. The largest absolute Gasteiger partial charge is 0.481 e. The molecule has 0 radical (unpaired) electrons. The quantitative estimate of drug-likeness (QED) is 0.428. The second-order valence-corrected chi connectivity index (χ2v) is 8.83. The van der Waals surface area contributed by atoms with Crippen LogP contribution in [-0.2, 0) is 11.3 Å². The van der Waals surface area contributed by atoms with E-state index in [1.54, 1.807) is 25.1 Å². The fourth-order valence-electron chi connectivity index (χ4n) is 4.10. The molecule has 0 spiro atoms. The number of alkyl halides is 3. The molecule has 8 nitrogen and oxygen atoms in total. The van der Waals surface area contributed by atoms with Crippen molar-refractivity contribution in [2.24, 2.45) is 0 Å². The Labute approximate surface area is 217 Å². The number of pyridine rings is 2. The number of benzene rings is 1. The predicted octanol–water partition coefficient (Wildman–Crippen LogP) is 4.49. The van der Waals surface area contributed by atoms with E-state index < -0.39 is 24.2 Å². The number of hydrogen-bond donors (Lipinski definition) is 1. The molecule has 2 atom stereocenters. The lowest BCUT2D eigenvalue weighted by Crippen LogP contribution is -2.61. The van der Waals surface area contributed by atoms with Gasteiger partial charge in [0, 0.05) is 38.4 Å². The van der Waals surface area contributed by atoms with E-state index in [2.05, 4.69) is 15.3 Å². The number of carbonyl (C=O) groups excluding carboxylic acids is 1. The maximum absolute atomic E-state index is 14.0. The van der Waals surface area contributed by atoms with E-state index in [9.17, 15) is 22.4 Å². The van der Waals surface area contributed by atoms with Gasteiger partial charge >= 0.3 is 6.18 Å². The minimum Gasteiger partial charge on any atom is -0.481 e. The summed E-state index contributed by atoms with van der Waals surface area (Å²) in [5, 5.41) is 2.64. The number of hydrogen-bond acceptors (Lipinski definition) is 7. The van der Waals surface area contributed by atoms with E-state index in [0.717, 1.165) is 0 Å². The Hall–Kier alpha value is -3.77. The zero-order valence-corrected chi connectivity index (χ0v) is 20.8. The molecule has 1 amide bonds. The third-order valence-electron chi connectivity index (χ3n) is 6.26. The SMILES string of the molecule is COc1ccc(CN2CCN(C(C)C(=O)Nc3ccc(Oc4ccc(F)cc4)cn3)C[C@H]2C(F)(F)F)cn1. The topological polar surface area (TPSA) is 79.8 Å². The number of piperazine rings is 1. The van der Waals surface area contributed by atoms with Gasteiger partial charge in [0.05, 0.1) is 19.3 Å². The monoisotopic (exact) mass is 533 g/mol. The maximum Gasteiger partial charge on any atom is 0.405 e. The van der Waals surface area contributed by atoms with E-state index in [0.29, 0.717) is 22.9 Å². The molecule has 1 unspecified atom stereocenters. The number of aromatic nitrogens is 2. The van der Waals surface area contributed by atoms with Crippen molar-refractivity contribution < 1.29 is 31.8 Å². The van der Waals surface area contributed by atoms with Crippen molar-refractivity contribution in [3.63, 3.8) is 0 Å². The lowest BCUT2D eigenvalue weighted by atomic mass is 10.1. The molecule has 12 heteroatoms. The number of ether oxygens (including phenoxy) is 2. The number of nitrogens with zero attached hydrogens (tertiary/aromatic N) is 4. The zero-order valence-electron chi connectivity index (χ0n) is 20.8. The summed E-state index contributed by atoms with van der Waals surface area (Å²) < 4.78 is 65.5. The number of methoxy groups -OCH3 is 1. The average Bonchev–Trinajstić information content (AvgIpc) is 2.90. The van der Waals surface area contributed by atoms with Crippen molar-refractivity contribution >= 4 is 11.7 Å². The first kappa shape index (κ1) is 27.3. The van der Waals surface area contributed by atoms with Crippen LogP contribution in [0.3, 0.4) is 0 Å². The van der Waals surface area contributed by atoms with Gasteiger partial charge in [0.25, 0.3) is 0 Å². The van der Waals surface area contributed by atoms with E-state index in [1.807, 2.05) is 0 Å². The zero-order chi connectivity index (χ0) is 27.3. The van der Waals surface area contributed by atoms with Gasteiger partial charge in [0.15, 0.2) is 0 Å². The van der Waals surface area contributed by atoms with E-state index in [1.165, 1.54) is 59.6 Å². The van der Waals surface area contributed by atoms with Gasteiger partial charge in [-0.25, -0.2) is 14.4 Å². The van der Waals surface area contributed by atoms with Gasteiger partial charge in [-0.1, -0.05) is 6.07 Å². The Morgan fingerprint density at radius 2 is 1.79 bits per heavy atom. The fourth-order valence-corrected chi connectivity index (χ4v) is 4.10. The molecular weight excluding hydrogens is 506 g/mol. The van der Waals surface area contributed by atoms with Gasteiger partial charge in [-0.2, -0.15) is 13.2 Å². The fraction of sp³-hybridized carbons (Fsp3) is 0.346. The Balaban J connectivity index is 1.35. The summed E-state index contributed by atoms with van der Waals surface area (Å²) in [6, 6.07) is 9.28. The van der Waals surface area contributed by atoms with Crippen LogP contribution in [0.5, 0.6) is 17.4 Å². The molecule has 1 saturated heterocycles. The maximum atomic E-state index is 14.0. The normalized spacial score (nSPS) is 17.6. The van der Waals surface area contributed by atoms with Gasteiger partial charge in [0.2, 0.25) is 11.8 Å².